The predicted octanol–water partition coefficient (Wildman–Crippen LogP) is 1.96. The summed E-state index contributed by atoms with van der Waals surface area (Å²) in [6, 6.07) is 9.57. The van der Waals surface area contributed by atoms with Gasteiger partial charge in [0.25, 0.3) is 0 Å². The summed E-state index contributed by atoms with van der Waals surface area (Å²) in [7, 11) is 0. The molecule has 1 aromatic heterocycles. The minimum absolute atomic E-state index is 0.0580. The lowest BCUT2D eigenvalue weighted by Crippen LogP contribution is -2.28. The lowest BCUT2D eigenvalue weighted by molar-refractivity contribution is 0.0251. The van der Waals surface area contributed by atoms with Crippen LogP contribution in [-0.4, -0.2) is 33.5 Å². The molecule has 23 heavy (non-hydrogen) atoms. The number of benzene rings is 1. The fraction of sp³-hybridized carbons (Fsp3) is 0.312. The average Bonchev–Trinajstić information content (AvgIpc) is 2.44. The third-order valence-electron chi connectivity index (χ3n) is 2.71. The summed E-state index contributed by atoms with van der Waals surface area (Å²) in [6.07, 6.45) is 1.68. The van der Waals surface area contributed by atoms with Crippen LogP contribution >= 0.6 is 0 Å². The largest absolute Gasteiger partial charge is 0.460 e. The Kier molecular flexibility index (Phi) is 5.13. The van der Waals surface area contributed by atoms with Crippen LogP contribution in [-0.2, 0) is 0 Å². The van der Waals surface area contributed by atoms with Gasteiger partial charge in [0.1, 0.15) is 12.4 Å². The fourth-order valence-electron chi connectivity index (χ4n) is 1.73. The van der Waals surface area contributed by atoms with Crippen LogP contribution in [0.2, 0.25) is 0 Å². The highest BCUT2D eigenvalue weighted by molar-refractivity contribution is 5.80. The van der Waals surface area contributed by atoms with Crippen molar-refractivity contribution < 1.29 is 9.84 Å². The number of rotatable bonds is 6. The van der Waals surface area contributed by atoms with E-state index in [0.717, 1.165) is 11.1 Å². The highest BCUT2D eigenvalue weighted by Crippen LogP contribution is 2.14. The van der Waals surface area contributed by atoms with Crippen molar-refractivity contribution >= 4 is 17.9 Å². The second-order valence-corrected chi connectivity index (χ2v) is 5.85. The number of aliphatic hydroxyl groups is 1. The zero-order valence-corrected chi connectivity index (χ0v) is 13.4. The average molecular weight is 315 g/mol. The highest BCUT2D eigenvalue weighted by atomic mass is 16.5. The molecule has 0 fully saturated rings. The number of ether oxygens (including phenoxy) is 1. The van der Waals surface area contributed by atoms with Gasteiger partial charge in [-0.05, 0) is 26.3 Å². The number of nitrogens with two attached hydrogens (primary N) is 1. The van der Waals surface area contributed by atoms with Gasteiger partial charge in [0.2, 0.25) is 0 Å². The third-order valence-corrected chi connectivity index (χ3v) is 2.71. The van der Waals surface area contributed by atoms with Gasteiger partial charge in [-0.2, -0.15) is 15.1 Å². The van der Waals surface area contributed by atoms with Crippen molar-refractivity contribution in [3.63, 3.8) is 0 Å². The van der Waals surface area contributed by atoms with Gasteiger partial charge < -0.3 is 15.6 Å². The molecule has 0 bridgehead atoms. The minimum Gasteiger partial charge on any atom is -0.460 e. The van der Waals surface area contributed by atoms with Crippen LogP contribution in [0.25, 0.3) is 0 Å². The van der Waals surface area contributed by atoms with Gasteiger partial charge in [-0.25, -0.2) is 0 Å². The number of aryl methyl sites for hydroxylation is 1. The summed E-state index contributed by atoms with van der Waals surface area (Å²) in [4.78, 5) is 8.09. The zero-order chi connectivity index (χ0) is 16.9. The number of nitrogens with zero attached hydrogens (tertiary/aromatic N) is 3. The maximum Gasteiger partial charge on any atom is 0.320 e. The molecule has 0 aliphatic carbocycles. The number of nitrogens with one attached hydrogen (secondary N) is 1. The molecule has 0 amide bonds. The number of aromatic nitrogens is 2. The van der Waals surface area contributed by atoms with Crippen molar-refractivity contribution in [1.29, 1.82) is 0 Å². The summed E-state index contributed by atoms with van der Waals surface area (Å²) in [5.41, 5.74) is 9.65. The molecule has 0 atom stereocenters. The third kappa shape index (κ3) is 5.91. The van der Waals surface area contributed by atoms with E-state index in [-0.39, 0.29) is 18.4 Å². The summed E-state index contributed by atoms with van der Waals surface area (Å²) < 4.78 is 5.33. The summed E-state index contributed by atoms with van der Waals surface area (Å²) in [6.45, 7) is 5.33. The van der Waals surface area contributed by atoms with E-state index in [2.05, 4.69) is 20.5 Å². The van der Waals surface area contributed by atoms with Crippen molar-refractivity contribution in [3.8, 4) is 6.01 Å². The van der Waals surface area contributed by atoms with Gasteiger partial charge in [-0.15, -0.1) is 0 Å². The maximum atomic E-state index is 9.66. The first-order valence-corrected chi connectivity index (χ1v) is 7.17. The monoisotopic (exact) mass is 315 g/mol. The second kappa shape index (κ2) is 7.06. The van der Waals surface area contributed by atoms with Gasteiger partial charge in [0.05, 0.1) is 11.8 Å². The maximum absolute atomic E-state index is 9.66. The Morgan fingerprint density at radius 1 is 1.35 bits per heavy atom. The fourth-order valence-corrected chi connectivity index (χ4v) is 1.73. The van der Waals surface area contributed by atoms with Crippen LogP contribution in [0, 0.1) is 6.92 Å². The summed E-state index contributed by atoms with van der Waals surface area (Å²) in [5, 5.41) is 13.8. The van der Waals surface area contributed by atoms with Crippen molar-refractivity contribution in [3.05, 3.63) is 41.5 Å². The Morgan fingerprint density at radius 3 is 2.83 bits per heavy atom. The summed E-state index contributed by atoms with van der Waals surface area (Å²) >= 11 is 0. The van der Waals surface area contributed by atoms with E-state index in [4.69, 9.17) is 10.5 Å². The van der Waals surface area contributed by atoms with Crippen molar-refractivity contribution in [2.24, 2.45) is 5.10 Å². The van der Waals surface area contributed by atoms with Crippen LogP contribution in [0.3, 0.4) is 0 Å². The molecule has 0 aliphatic heterocycles. The zero-order valence-electron chi connectivity index (χ0n) is 13.4. The first-order valence-electron chi connectivity index (χ1n) is 7.17. The van der Waals surface area contributed by atoms with Crippen molar-refractivity contribution in [2.45, 2.75) is 26.4 Å². The van der Waals surface area contributed by atoms with E-state index in [1.165, 1.54) is 0 Å². The standard InChI is InChI=1S/C16H21N5O2/c1-11-5-4-6-12(7-11)9-18-21-14-8-13(17)19-15(20-14)23-10-16(2,3)22/h4-9,22H,10H2,1-3H3,(H3,17,19,20,21)/b18-9+. The molecule has 0 saturated heterocycles. The molecule has 2 rings (SSSR count). The molecule has 4 N–H and O–H groups in total. The smallest absolute Gasteiger partial charge is 0.320 e. The van der Waals surface area contributed by atoms with E-state index in [1.807, 2.05) is 31.2 Å². The molecule has 7 heteroatoms. The van der Waals surface area contributed by atoms with Crippen LogP contribution in [0.5, 0.6) is 6.01 Å². The van der Waals surface area contributed by atoms with Crippen LogP contribution in [0.1, 0.15) is 25.0 Å². The van der Waals surface area contributed by atoms with E-state index in [1.54, 1.807) is 26.1 Å². The number of anilines is 2. The minimum atomic E-state index is -0.981. The number of hydrogen-bond donors (Lipinski definition) is 3. The molecule has 0 aliphatic rings. The number of hydrazone groups is 1. The Balaban J connectivity index is 2.03. The molecule has 0 unspecified atom stereocenters. The van der Waals surface area contributed by atoms with Crippen LogP contribution in [0.15, 0.2) is 35.4 Å². The molecule has 1 aromatic carbocycles. The van der Waals surface area contributed by atoms with Gasteiger partial charge in [0, 0.05) is 6.07 Å². The van der Waals surface area contributed by atoms with E-state index >= 15 is 0 Å². The van der Waals surface area contributed by atoms with E-state index in [9.17, 15) is 5.11 Å². The van der Waals surface area contributed by atoms with Crippen molar-refractivity contribution in [2.75, 3.05) is 17.8 Å². The Hall–Kier alpha value is -2.67. The second-order valence-electron chi connectivity index (χ2n) is 5.85. The lowest BCUT2D eigenvalue weighted by Gasteiger charge is -2.16. The Labute approximate surface area is 135 Å². The molecule has 7 nitrogen and oxygen atoms in total. The first-order chi connectivity index (χ1) is 10.8. The molecule has 122 valence electrons. The lowest BCUT2D eigenvalue weighted by atomic mass is 10.2. The molecule has 0 radical (unpaired) electrons. The summed E-state index contributed by atoms with van der Waals surface area (Å²) in [5.74, 6) is 0.658. The van der Waals surface area contributed by atoms with Gasteiger partial charge in [0.15, 0.2) is 5.82 Å². The van der Waals surface area contributed by atoms with Gasteiger partial charge >= 0.3 is 6.01 Å². The SMILES string of the molecule is Cc1cccc(/C=N/Nc2cc(N)nc(OCC(C)(C)O)n2)c1. The number of hydrogen-bond acceptors (Lipinski definition) is 7. The first kappa shape index (κ1) is 16.7. The Morgan fingerprint density at radius 2 is 2.13 bits per heavy atom. The van der Waals surface area contributed by atoms with Crippen molar-refractivity contribution in [1.82, 2.24) is 9.97 Å². The van der Waals surface area contributed by atoms with Crippen LogP contribution in [0.4, 0.5) is 11.6 Å². The molecule has 0 saturated carbocycles. The molecule has 0 spiro atoms. The highest BCUT2D eigenvalue weighted by Gasteiger charge is 2.14. The molecule has 1 heterocycles. The normalized spacial score (nSPS) is 11.7. The predicted molar refractivity (Wildman–Crippen MR) is 90.6 cm³/mol. The van der Waals surface area contributed by atoms with Crippen LogP contribution < -0.4 is 15.9 Å². The van der Waals surface area contributed by atoms with Gasteiger partial charge in [-0.3, -0.25) is 5.43 Å². The van der Waals surface area contributed by atoms with E-state index in [0.29, 0.717) is 5.82 Å². The van der Waals surface area contributed by atoms with E-state index < -0.39 is 5.60 Å². The quantitative estimate of drug-likeness (QED) is 0.556. The number of nitrogen functional groups attached to an aromatic ring is 1. The Bertz CT molecular complexity index is 695. The topological polar surface area (TPSA) is 106 Å². The molecular formula is C16H21N5O2. The molecule has 2 aromatic rings. The molecular weight excluding hydrogens is 294 g/mol. The van der Waals surface area contributed by atoms with Gasteiger partial charge in [-0.1, -0.05) is 29.8 Å².